The molecule has 0 aliphatic carbocycles. The summed E-state index contributed by atoms with van der Waals surface area (Å²) in [5, 5.41) is 0. The lowest BCUT2D eigenvalue weighted by molar-refractivity contribution is 0.573. The number of aromatic nitrogens is 2. The van der Waals surface area contributed by atoms with Crippen molar-refractivity contribution in [3.8, 4) is 0 Å². The van der Waals surface area contributed by atoms with Gasteiger partial charge >= 0.3 is 0 Å². The van der Waals surface area contributed by atoms with Crippen LogP contribution >= 0.6 is 0 Å². The van der Waals surface area contributed by atoms with E-state index >= 15 is 0 Å². The first-order valence-electron chi connectivity index (χ1n) is 6.69. The summed E-state index contributed by atoms with van der Waals surface area (Å²) in [6, 6.07) is 3.48. The SMILES string of the molecule is Cc1cncc(NS(=O)(=O)c2cc(CN)n(C(C)C)c2)c1. The smallest absolute Gasteiger partial charge is 0.263 e. The molecule has 0 amide bonds. The first-order chi connectivity index (χ1) is 9.83. The zero-order valence-electron chi connectivity index (χ0n) is 12.4. The molecule has 114 valence electrons. The second-order valence-corrected chi connectivity index (χ2v) is 6.91. The lowest BCUT2D eigenvalue weighted by atomic mass is 10.3. The number of nitrogens with two attached hydrogens (primary N) is 1. The second-order valence-electron chi connectivity index (χ2n) is 5.23. The Morgan fingerprint density at radius 1 is 1.33 bits per heavy atom. The summed E-state index contributed by atoms with van der Waals surface area (Å²) >= 11 is 0. The summed E-state index contributed by atoms with van der Waals surface area (Å²) in [6.45, 7) is 6.10. The monoisotopic (exact) mass is 308 g/mol. The molecule has 2 aromatic heterocycles. The molecule has 2 heterocycles. The Bertz CT molecular complexity index is 735. The number of nitrogens with zero attached hydrogens (tertiary/aromatic N) is 2. The standard InChI is InChI=1S/C14H20N4O2S/c1-10(2)18-9-14(5-13(18)6-15)21(19,20)17-12-4-11(3)7-16-8-12/h4-5,7-10,17H,6,15H2,1-3H3. The van der Waals surface area contributed by atoms with Crippen molar-refractivity contribution in [3.63, 3.8) is 0 Å². The van der Waals surface area contributed by atoms with Crippen molar-refractivity contribution < 1.29 is 8.42 Å². The minimum atomic E-state index is -3.64. The van der Waals surface area contributed by atoms with E-state index in [-0.39, 0.29) is 10.9 Å². The maximum absolute atomic E-state index is 12.4. The van der Waals surface area contributed by atoms with Gasteiger partial charge in [-0.1, -0.05) is 0 Å². The molecule has 0 saturated heterocycles. The molecule has 3 N–H and O–H groups in total. The van der Waals surface area contributed by atoms with Crippen LogP contribution in [0.25, 0.3) is 0 Å². The quantitative estimate of drug-likeness (QED) is 0.884. The Labute approximate surface area is 125 Å². The Hall–Kier alpha value is -1.86. The van der Waals surface area contributed by atoms with Gasteiger partial charge in [-0.2, -0.15) is 0 Å². The van der Waals surface area contributed by atoms with Crippen molar-refractivity contribution in [3.05, 3.63) is 42.0 Å². The van der Waals surface area contributed by atoms with Crippen LogP contribution in [0.2, 0.25) is 0 Å². The van der Waals surface area contributed by atoms with Gasteiger partial charge in [-0.25, -0.2) is 8.42 Å². The lowest BCUT2D eigenvalue weighted by Crippen LogP contribution is -2.12. The summed E-state index contributed by atoms with van der Waals surface area (Å²) in [5.74, 6) is 0. The normalized spacial score (nSPS) is 11.9. The van der Waals surface area contributed by atoms with E-state index < -0.39 is 10.0 Å². The van der Waals surface area contributed by atoms with E-state index in [2.05, 4.69) is 9.71 Å². The zero-order chi connectivity index (χ0) is 15.6. The van der Waals surface area contributed by atoms with Crippen molar-refractivity contribution in [1.29, 1.82) is 0 Å². The van der Waals surface area contributed by atoms with Gasteiger partial charge in [-0.3, -0.25) is 9.71 Å². The van der Waals surface area contributed by atoms with Crippen LogP contribution in [0.5, 0.6) is 0 Å². The van der Waals surface area contributed by atoms with Gasteiger partial charge in [-0.15, -0.1) is 0 Å². The molecule has 0 aliphatic rings. The number of sulfonamides is 1. The largest absolute Gasteiger partial charge is 0.346 e. The maximum Gasteiger partial charge on any atom is 0.263 e. The molecule has 6 nitrogen and oxygen atoms in total. The topological polar surface area (TPSA) is 90.0 Å². The van der Waals surface area contributed by atoms with Gasteiger partial charge < -0.3 is 10.3 Å². The molecule has 0 unspecified atom stereocenters. The van der Waals surface area contributed by atoms with Crippen LogP contribution in [-0.2, 0) is 16.6 Å². The lowest BCUT2D eigenvalue weighted by Gasteiger charge is -2.10. The Kier molecular flexibility index (Phi) is 4.34. The van der Waals surface area contributed by atoms with Crippen molar-refractivity contribution >= 4 is 15.7 Å². The summed E-state index contributed by atoms with van der Waals surface area (Å²) in [7, 11) is -3.64. The van der Waals surface area contributed by atoms with Crippen LogP contribution in [0.4, 0.5) is 5.69 Å². The highest BCUT2D eigenvalue weighted by Gasteiger charge is 2.19. The third-order valence-corrected chi connectivity index (χ3v) is 4.46. The average molecular weight is 308 g/mol. The van der Waals surface area contributed by atoms with Crippen molar-refractivity contribution in [1.82, 2.24) is 9.55 Å². The van der Waals surface area contributed by atoms with E-state index in [0.717, 1.165) is 11.3 Å². The van der Waals surface area contributed by atoms with Gasteiger partial charge in [0.15, 0.2) is 0 Å². The number of rotatable bonds is 5. The van der Waals surface area contributed by atoms with E-state index in [1.165, 1.54) is 6.20 Å². The predicted octanol–water partition coefficient (Wildman–Crippen LogP) is 2.03. The number of nitrogens with one attached hydrogen (secondary N) is 1. The highest BCUT2D eigenvalue weighted by atomic mass is 32.2. The average Bonchev–Trinajstić information content (AvgIpc) is 2.83. The van der Waals surface area contributed by atoms with Gasteiger partial charge in [0.1, 0.15) is 4.90 Å². The summed E-state index contributed by atoms with van der Waals surface area (Å²) in [5.41, 5.74) is 7.79. The Balaban J connectivity index is 2.36. The van der Waals surface area contributed by atoms with Crippen molar-refractivity contribution in [2.45, 2.75) is 38.3 Å². The highest BCUT2D eigenvalue weighted by Crippen LogP contribution is 2.21. The number of hydrogen-bond acceptors (Lipinski definition) is 4. The van der Waals surface area contributed by atoms with Crippen LogP contribution in [0.1, 0.15) is 31.1 Å². The molecule has 0 radical (unpaired) electrons. The van der Waals surface area contributed by atoms with Crippen LogP contribution in [-0.4, -0.2) is 18.0 Å². The first kappa shape index (κ1) is 15.5. The van der Waals surface area contributed by atoms with Gasteiger partial charge in [0.05, 0.1) is 11.9 Å². The number of anilines is 1. The number of pyridine rings is 1. The zero-order valence-corrected chi connectivity index (χ0v) is 13.2. The van der Waals surface area contributed by atoms with Gasteiger partial charge in [0, 0.05) is 30.7 Å². The molecule has 2 aromatic rings. The molecule has 0 bridgehead atoms. The minimum Gasteiger partial charge on any atom is -0.346 e. The molecule has 7 heteroatoms. The van der Waals surface area contributed by atoms with Gasteiger partial charge in [-0.05, 0) is 38.5 Å². The molecule has 0 aromatic carbocycles. The van der Waals surface area contributed by atoms with Crippen molar-refractivity contribution in [2.24, 2.45) is 5.73 Å². The summed E-state index contributed by atoms with van der Waals surface area (Å²) in [6.07, 6.45) is 4.76. The fraction of sp³-hybridized carbons (Fsp3) is 0.357. The van der Waals surface area contributed by atoms with E-state index in [1.807, 2.05) is 25.3 Å². The molecule has 0 fully saturated rings. The third kappa shape index (κ3) is 3.43. The second kappa shape index (κ2) is 5.87. The van der Waals surface area contributed by atoms with Crippen LogP contribution < -0.4 is 10.5 Å². The van der Waals surface area contributed by atoms with E-state index in [1.54, 1.807) is 24.5 Å². The number of hydrogen-bond donors (Lipinski definition) is 2. The number of aryl methyl sites for hydroxylation is 1. The molecule has 2 rings (SSSR count). The van der Waals surface area contributed by atoms with Crippen LogP contribution in [0.3, 0.4) is 0 Å². The molecule has 0 atom stereocenters. The fourth-order valence-corrected chi connectivity index (χ4v) is 3.20. The molecule has 0 spiro atoms. The van der Waals surface area contributed by atoms with E-state index in [4.69, 9.17) is 5.73 Å². The van der Waals surface area contributed by atoms with Crippen LogP contribution in [0.15, 0.2) is 35.6 Å². The minimum absolute atomic E-state index is 0.146. The summed E-state index contributed by atoms with van der Waals surface area (Å²) in [4.78, 5) is 4.18. The third-order valence-electron chi connectivity index (χ3n) is 3.11. The molecular formula is C14H20N4O2S. The molecule has 0 aliphatic heterocycles. The first-order valence-corrected chi connectivity index (χ1v) is 8.17. The van der Waals surface area contributed by atoms with Crippen molar-refractivity contribution in [2.75, 3.05) is 4.72 Å². The molecule has 21 heavy (non-hydrogen) atoms. The van der Waals surface area contributed by atoms with Gasteiger partial charge in [0.25, 0.3) is 10.0 Å². The van der Waals surface area contributed by atoms with Crippen LogP contribution in [0, 0.1) is 6.92 Å². The van der Waals surface area contributed by atoms with Gasteiger partial charge in [0.2, 0.25) is 0 Å². The Morgan fingerprint density at radius 2 is 2.05 bits per heavy atom. The van der Waals surface area contributed by atoms with E-state index in [9.17, 15) is 8.42 Å². The predicted molar refractivity (Wildman–Crippen MR) is 82.5 cm³/mol. The fourth-order valence-electron chi connectivity index (χ4n) is 2.11. The highest BCUT2D eigenvalue weighted by molar-refractivity contribution is 7.92. The molecular weight excluding hydrogens is 288 g/mol. The summed E-state index contributed by atoms with van der Waals surface area (Å²) < 4.78 is 29.2. The maximum atomic E-state index is 12.4. The Morgan fingerprint density at radius 3 is 2.57 bits per heavy atom. The van der Waals surface area contributed by atoms with E-state index in [0.29, 0.717) is 12.2 Å². The molecule has 0 saturated carbocycles.